The minimum absolute atomic E-state index is 0.0649. The van der Waals surface area contributed by atoms with E-state index >= 15 is 0 Å². The van der Waals surface area contributed by atoms with Gasteiger partial charge in [0.1, 0.15) is 5.69 Å². The molecule has 0 aliphatic carbocycles. The fraction of sp³-hybridized carbons (Fsp3) is 0.235. The van der Waals surface area contributed by atoms with Gasteiger partial charge < -0.3 is 9.88 Å². The highest BCUT2D eigenvalue weighted by Crippen LogP contribution is 2.20. The Morgan fingerprint density at radius 1 is 1.24 bits per heavy atom. The second-order valence-corrected chi connectivity index (χ2v) is 5.55. The lowest BCUT2D eigenvalue weighted by Crippen LogP contribution is -2.25. The molecule has 0 spiro atoms. The van der Waals surface area contributed by atoms with Crippen molar-refractivity contribution in [2.75, 3.05) is 11.9 Å². The summed E-state index contributed by atoms with van der Waals surface area (Å²) in [6.07, 6.45) is 2.11. The molecule has 0 aliphatic rings. The molecule has 0 unspecified atom stereocenters. The van der Waals surface area contributed by atoms with Gasteiger partial charge in [-0.3, -0.25) is 14.9 Å². The first-order valence-electron chi connectivity index (χ1n) is 7.87. The number of hydrogen-bond acceptors (Lipinski definition) is 6. The fourth-order valence-electron chi connectivity index (χ4n) is 2.67. The number of anilines is 1. The average molecular weight is 339 g/mol. The Hall–Kier alpha value is -3.29. The van der Waals surface area contributed by atoms with Crippen molar-refractivity contribution in [1.29, 1.82) is 0 Å². The number of para-hydroxylation sites is 2. The van der Waals surface area contributed by atoms with E-state index in [1.54, 1.807) is 11.5 Å². The predicted molar refractivity (Wildman–Crippen MR) is 94.7 cm³/mol. The number of nitro groups is 1. The summed E-state index contributed by atoms with van der Waals surface area (Å²) in [5.41, 5.74) is 1.81. The van der Waals surface area contributed by atoms with Crippen molar-refractivity contribution >= 4 is 22.5 Å². The maximum Gasteiger partial charge on any atom is 0.311 e. The lowest BCUT2D eigenvalue weighted by Gasteiger charge is -2.11. The number of aryl methyl sites for hydroxylation is 2. The Labute approximate surface area is 143 Å². The summed E-state index contributed by atoms with van der Waals surface area (Å²) in [7, 11) is 0. The van der Waals surface area contributed by atoms with E-state index in [0.717, 1.165) is 11.0 Å². The molecule has 3 aromatic rings. The molecule has 3 rings (SSSR count). The van der Waals surface area contributed by atoms with Gasteiger partial charge in [0.2, 0.25) is 5.82 Å². The van der Waals surface area contributed by atoms with Crippen LogP contribution in [0.5, 0.6) is 0 Å². The van der Waals surface area contributed by atoms with Crippen LogP contribution in [0.25, 0.3) is 11.0 Å². The van der Waals surface area contributed by atoms with Gasteiger partial charge in [-0.15, -0.1) is 0 Å². The van der Waals surface area contributed by atoms with Gasteiger partial charge in [0, 0.05) is 25.4 Å². The third kappa shape index (κ3) is 3.47. The predicted octanol–water partition coefficient (Wildman–Crippen LogP) is 2.51. The third-order valence-corrected chi connectivity index (χ3v) is 3.85. The van der Waals surface area contributed by atoms with E-state index in [-0.39, 0.29) is 17.1 Å². The van der Waals surface area contributed by atoms with E-state index in [1.807, 2.05) is 24.3 Å². The molecule has 8 nitrogen and oxygen atoms in total. The number of fused-ring (bicyclic) bond motifs is 1. The molecule has 1 N–H and O–H groups in total. The zero-order chi connectivity index (χ0) is 17.8. The maximum atomic E-state index is 12.4. The molecule has 2 aromatic heterocycles. The van der Waals surface area contributed by atoms with Crippen LogP contribution in [-0.2, 0) is 6.54 Å². The lowest BCUT2D eigenvalue weighted by atomic mass is 10.2. The van der Waals surface area contributed by atoms with E-state index in [1.165, 1.54) is 18.3 Å². The second kappa shape index (κ2) is 7.08. The first-order chi connectivity index (χ1) is 12.1. The summed E-state index contributed by atoms with van der Waals surface area (Å²) in [6.45, 7) is 2.64. The number of rotatable bonds is 6. The van der Waals surface area contributed by atoms with Crippen LogP contribution in [0.15, 0.2) is 47.4 Å². The molecule has 0 amide bonds. The van der Waals surface area contributed by atoms with E-state index in [2.05, 4.69) is 15.3 Å². The van der Waals surface area contributed by atoms with Gasteiger partial charge in [0.05, 0.1) is 16.0 Å². The normalized spacial score (nSPS) is 10.8. The maximum absolute atomic E-state index is 12.4. The molecule has 0 saturated heterocycles. The van der Waals surface area contributed by atoms with E-state index in [0.29, 0.717) is 25.2 Å². The van der Waals surface area contributed by atoms with Gasteiger partial charge in [-0.1, -0.05) is 12.1 Å². The summed E-state index contributed by atoms with van der Waals surface area (Å²) < 4.78 is 1.69. The van der Waals surface area contributed by atoms with E-state index < -0.39 is 4.92 Å². The number of benzene rings is 1. The Morgan fingerprint density at radius 2 is 2.04 bits per heavy atom. The highest BCUT2D eigenvalue weighted by molar-refractivity contribution is 5.74. The molecule has 0 fully saturated rings. The summed E-state index contributed by atoms with van der Waals surface area (Å²) in [6, 6.07) is 10.4. The van der Waals surface area contributed by atoms with Crippen LogP contribution in [0.4, 0.5) is 11.5 Å². The summed E-state index contributed by atoms with van der Waals surface area (Å²) >= 11 is 0. The monoisotopic (exact) mass is 339 g/mol. The van der Waals surface area contributed by atoms with Gasteiger partial charge in [-0.2, -0.15) is 0 Å². The Bertz CT molecular complexity index is 983. The molecule has 0 atom stereocenters. The summed E-state index contributed by atoms with van der Waals surface area (Å²) in [5.74, 6) is 0.232. The molecule has 128 valence electrons. The third-order valence-electron chi connectivity index (χ3n) is 3.85. The Kier molecular flexibility index (Phi) is 4.69. The van der Waals surface area contributed by atoms with Crippen molar-refractivity contribution in [2.45, 2.75) is 19.9 Å². The van der Waals surface area contributed by atoms with Gasteiger partial charge >= 0.3 is 5.69 Å². The van der Waals surface area contributed by atoms with Crippen molar-refractivity contribution < 1.29 is 4.92 Å². The SMILES string of the molecule is Cc1nc2ccccc2n(CCCNc2ncccc2[N+](=O)[O-])c1=O. The minimum Gasteiger partial charge on any atom is -0.364 e. The van der Waals surface area contributed by atoms with E-state index in [4.69, 9.17) is 0 Å². The summed E-state index contributed by atoms with van der Waals surface area (Å²) in [5, 5.41) is 13.9. The van der Waals surface area contributed by atoms with Gasteiger partial charge in [0.15, 0.2) is 0 Å². The quantitative estimate of drug-likeness (QED) is 0.420. The average Bonchev–Trinajstić information content (AvgIpc) is 2.61. The molecule has 25 heavy (non-hydrogen) atoms. The minimum atomic E-state index is -0.473. The number of nitrogens with zero attached hydrogens (tertiary/aromatic N) is 4. The Morgan fingerprint density at radius 3 is 2.84 bits per heavy atom. The van der Waals surface area contributed by atoms with Crippen LogP contribution in [0.3, 0.4) is 0 Å². The molecule has 8 heteroatoms. The number of pyridine rings is 1. The van der Waals surface area contributed by atoms with Crippen molar-refractivity contribution in [2.24, 2.45) is 0 Å². The van der Waals surface area contributed by atoms with Gasteiger partial charge in [0.25, 0.3) is 5.56 Å². The van der Waals surface area contributed by atoms with Crippen LogP contribution in [-0.4, -0.2) is 26.0 Å². The van der Waals surface area contributed by atoms with Crippen molar-refractivity contribution in [1.82, 2.24) is 14.5 Å². The zero-order valence-electron chi connectivity index (χ0n) is 13.7. The van der Waals surface area contributed by atoms with E-state index in [9.17, 15) is 14.9 Å². The largest absolute Gasteiger partial charge is 0.364 e. The fourth-order valence-corrected chi connectivity index (χ4v) is 2.67. The molecule has 1 aromatic carbocycles. The number of hydrogen-bond donors (Lipinski definition) is 1. The molecular weight excluding hydrogens is 322 g/mol. The smallest absolute Gasteiger partial charge is 0.311 e. The van der Waals surface area contributed by atoms with Gasteiger partial charge in [-0.05, 0) is 31.5 Å². The summed E-state index contributed by atoms with van der Waals surface area (Å²) in [4.78, 5) is 31.2. The van der Waals surface area contributed by atoms with Crippen molar-refractivity contribution in [3.8, 4) is 0 Å². The van der Waals surface area contributed by atoms with Gasteiger partial charge in [-0.25, -0.2) is 9.97 Å². The van der Waals surface area contributed by atoms with Crippen LogP contribution in [0.2, 0.25) is 0 Å². The molecule has 2 heterocycles. The molecule has 0 radical (unpaired) electrons. The molecular formula is C17H17N5O3. The number of aromatic nitrogens is 3. The standard InChI is InChI=1S/C17H17N5O3/c1-12-17(23)21(14-7-3-2-6-13(14)20-12)11-5-10-19-16-15(22(24)25)8-4-9-18-16/h2-4,6-9H,5,10-11H2,1H3,(H,18,19). The van der Waals surface area contributed by atoms with Crippen LogP contribution in [0, 0.1) is 17.0 Å². The van der Waals surface area contributed by atoms with Crippen LogP contribution in [0.1, 0.15) is 12.1 Å². The second-order valence-electron chi connectivity index (χ2n) is 5.55. The lowest BCUT2D eigenvalue weighted by molar-refractivity contribution is -0.384. The zero-order valence-corrected chi connectivity index (χ0v) is 13.7. The molecule has 0 aliphatic heterocycles. The highest BCUT2D eigenvalue weighted by atomic mass is 16.6. The highest BCUT2D eigenvalue weighted by Gasteiger charge is 2.13. The van der Waals surface area contributed by atoms with Crippen LogP contribution >= 0.6 is 0 Å². The molecule has 0 saturated carbocycles. The topological polar surface area (TPSA) is 103 Å². The first-order valence-corrected chi connectivity index (χ1v) is 7.87. The Balaban J connectivity index is 1.73. The first kappa shape index (κ1) is 16.6. The van der Waals surface area contributed by atoms with Crippen molar-refractivity contribution in [3.63, 3.8) is 0 Å². The van der Waals surface area contributed by atoms with Crippen LogP contribution < -0.4 is 10.9 Å². The molecule has 0 bridgehead atoms. The van der Waals surface area contributed by atoms with Crippen molar-refractivity contribution in [3.05, 3.63) is 68.8 Å². The number of nitrogens with one attached hydrogen (secondary N) is 1.